The van der Waals surface area contributed by atoms with Crippen LogP contribution in [0.15, 0.2) is 64.6 Å². The number of aromatic carboxylic acids is 1. The predicted molar refractivity (Wildman–Crippen MR) is 176 cm³/mol. The average Bonchev–Trinajstić information content (AvgIpc) is 3.69. The summed E-state index contributed by atoms with van der Waals surface area (Å²) in [6, 6.07) is 8.96. The summed E-state index contributed by atoms with van der Waals surface area (Å²) in [7, 11) is 1.72. The topological polar surface area (TPSA) is 181 Å². The first kappa shape index (κ1) is 34.1. The van der Waals surface area contributed by atoms with E-state index in [2.05, 4.69) is 25.5 Å². The maximum Gasteiger partial charge on any atom is 0.355 e. The fourth-order valence-corrected chi connectivity index (χ4v) is 5.75. The van der Waals surface area contributed by atoms with Crippen LogP contribution in [0.2, 0.25) is 5.02 Å². The fraction of sp³-hybridized carbons (Fsp3) is 0.219. The Bertz CT molecular complexity index is 2390. The van der Waals surface area contributed by atoms with Crippen LogP contribution >= 0.6 is 11.6 Å². The van der Waals surface area contributed by atoms with Crippen molar-refractivity contribution in [1.82, 2.24) is 38.7 Å². The molecule has 50 heavy (non-hydrogen) atoms. The summed E-state index contributed by atoms with van der Waals surface area (Å²) in [5.41, 5.74) is 5.81. The Kier molecular flexibility index (Phi) is 9.52. The van der Waals surface area contributed by atoms with Gasteiger partial charge in [0.25, 0.3) is 0 Å². The van der Waals surface area contributed by atoms with Crippen molar-refractivity contribution >= 4 is 40.1 Å². The zero-order valence-electron chi connectivity index (χ0n) is 26.3. The van der Waals surface area contributed by atoms with E-state index in [1.165, 1.54) is 17.1 Å². The van der Waals surface area contributed by atoms with Crippen molar-refractivity contribution in [3.63, 3.8) is 0 Å². The van der Waals surface area contributed by atoms with Gasteiger partial charge in [0.1, 0.15) is 12.1 Å². The molecule has 0 aliphatic carbocycles. The van der Waals surface area contributed by atoms with Crippen LogP contribution in [0.3, 0.4) is 0 Å². The van der Waals surface area contributed by atoms with Gasteiger partial charge in [-0.1, -0.05) is 23.7 Å². The highest BCUT2D eigenvalue weighted by Gasteiger charge is 2.22. The Morgan fingerprint density at radius 3 is 2.54 bits per heavy atom. The number of carboxylic acid groups (broad SMARTS) is 1. The average molecular weight is 709 g/mol. The van der Waals surface area contributed by atoms with Gasteiger partial charge in [-0.2, -0.15) is 15.2 Å². The number of hydrogen-bond acceptors (Lipinski definition) is 9. The molecule has 0 saturated carbocycles. The predicted octanol–water partition coefficient (Wildman–Crippen LogP) is 3.24. The maximum absolute atomic E-state index is 14.9. The normalized spacial score (nSPS) is 11.4. The summed E-state index contributed by atoms with van der Waals surface area (Å²) in [6.45, 7) is -0.588. The minimum Gasteiger partial charge on any atom is -0.478 e. The highest BCUT2D eigenvalue weighted by molar-refractivity contribution is 6.34. The molecule has 0 spiro atoms. The van der Waals surface area contributed by atoms with Crippen LogP contribution in [0.1, 0.15) is 32.9 Å². The zero-order valence-corrected chi connectivity index (χ0v) is 27.0. The number of aromatic nitrogens is 8. The minimum absolute atomic E-state index is 0.0619. The molecule has 0 fully saturated rings. The van der Waals surface area contributed by atoms with E-state index >= 15 is 0 Å². The highest BCUT2D eigenvalue weighted by atomic mass is 35.5. The third kappa shape index (κ3) is 6.99. The molecule has 0 atom stereocenters. The fourth-order valence-electron chi connectivity index (χ4n) is 5.48. The molecular formula is C32H28ClF3N10O4. The van der Waals surface area contributed by atoms with E-state index < -0.39 is 53.5 Å². The van der Waals surface area contributed by atoms with Crippen molar-refractivity contribution in [3.05, 3.63) is 127 Å². The van der Waals surface area contributed by atoms with Crippen LogP contribution in [-0.2, 0) is 39.5 Å². The third-order valence-electron chi connectivity index (χ3n) is 7.87. The van der Waals surface area contributed by atoms with Crippen molar-refractivity contribution in [2.75, 3.05) is 11.9 Å². The summed E-state index contributed by atoms with van der Waals surface area (Å²) in [5.74, 6) is -5.24. The molecule has 14 nitrogen and oxygen atoms in total. The first-order valence-corrected chi connectivity index (χ1v) is 15.5. The Labute approximate surface area is 285 Å². The van der Waals surface area contributed by atoms with Crippen LogP contribution in [0.4, 0.5) is 24.8 Å². The van der Waals surface area contributed by atoms with E-state index in [9.17, 15) is 32.7 Å². The van der Waals surface area contributed by atoms with E-state index in [4.69, 9.17) is 17.3 Å². The van der Waals surface area contributed by atoms with Crippen LogP contribution in [-0.4, -0.2) is 56.3 Å². The Morgan fingerprint density at radius 2 is 1.78 bits per heavy atom. The lowest BCUT2D eigenvalue weighted by Gasteiger charge is -2.18. The van der Waals surface area contributed by atoms with Gasteiger partial charge in [-0.05, 0) is 54.8 Å². The van der Waals surface area contributed by atoms with Crippen molar-refractivity contribution in [2.24, 2.45) is 12.8 Å². The molecule has 0 saturated heterocycles. The number of hydrogen-bond donors (Lipinski definition) is 3. The smallest absolute Gasteiger partial charge is 0.355 e. The minimum atomic E-state index is -1.42. The van der Waals surface area contributed by atoms with Gasteiger partial charge in [-0.25, -0.2) is 37.1 Å². The third-order valence-corrected chi connectivity index (χ3v) is 8.17. The van der Waals surface area contributed by atoms with Crippen LogP contribution in [0.25, 0.3) is 10.9 Å². The highest BCUT2D eigenvalue weighted by Crippen LogP contribution is 2.35. The second-order valence-corrected chi connectivity index (χ2v) is 11.7. The number of nitrogens with one attached hydrogen (secondary N) is 1. The van der Waals surface area contributed by atoms with Crippen molar-refractivity contribution in [3.8, 4) is 0 Å². The van der Waals surface area contributed by atoms with Gasteiger partial charge < -0.3 is 16.2 Å². The summed E-state index contributed by atoms with van der Waals surface area (Å²) in [4.78, 5) is 46.9. The van der Waals surface area contributed by atoms with E-state index in [1.54, 1.807) is 42.2 Å². The molecule has 3 aromatic heterocycles. The first-order chi connectivity index (χ1) is 23.9. The molecule has 0 radical (unpaired) electrons. The summed E-state index contributed by atoms with van der Waals surface area (Å²) in [6.07, 6.45) is 3.85. The monoisotopic (exact) mass is 708 g/mol. The number of carbonyl (C=O) groups is 1. The second-order valence-electron chi connectivity index (χ2n) is 11.3. The van der Waals surface area contributed by atoms with Gasteiger partial charge in [0.15, 0.2) is 17.5 Å². The molecular weight excluding hydrogens is 681 g/mol. The van der Waals surface area contributed by atoms with Crippen LogP contribution in [0.5, 0.6) is 0 Å². The number of nitrogens with two attached hydrogens (primary N) is 1. The maximum atomic E-state index is 14.9. The molecule has 6 rings (SSSR count). The van der Waals surface area contributed by atoms with E-state index in [-0.39, 0.29) is 34.6 Å². The number of rotatable bonds is 12. The quantitative estimate of drug-likeness (QED) is 0.160. The number of benzene rings is 3. The molecule has 0 bridgehead atoms. The van der Waals surface area contributed by atoms with Gasteiger partial charge >= 0.3 is 17.3 Å². The second kappa shape index (κ2) is 14.0. The molecule has 6 aromatic rings. The first-order valence-electron chi connectivity index (χ1n) is 15.1. The number of halogens is 4. The Balaban J connectivity index is 1.37. The van der Waals surface area contributed by atoms with E-state index in [1.807, 2.05) is 0 Å². The zero-order chi connectivity index (χ0) is 35.7. The van der Waals surface area contributed by atoms with Crippen molar-refractivity contribution in [2.45, 2.75) is 32.5 Å². The van der Waals surface area contributed by atoms with Gasteiger partial charge in [0, 0.05) is 36.8 Å². The lowest BCUT2D eigenvalue weighted by Crippen LogP contribution is -2.43. The number of fused-ring (bicyclic) bond motifs is 1. The van der Waals surface area contributed by atoms with Gasteiger partial charge in [-0.3, -0.25) is 13.9 Å². The molecule has 258 valence electrons. The number of aryl methyl sites for hydroxylation is 3. The molecule has 0 amide bonds. The molecule has 0 aliphatic rings. The van der Waals surface area contributed by atoms with E-state index in [0.29, 0.717) is 52.6 Å². The molecule has 3 aromatic carbocycles. The molecule has 0 aliphatic heterocycles. The molecule has 0 unspecified atom stereocenters. The lowest BCUT2D eigenvalue weighted by molar-refractivity contribution is 0.0696. The van der Waals surface area contributed by atoms with E-state index in [0.717, 1.165) is 10.1 Å². The summed E-state index contributed by atoms with van der Waals surface area (Å²) < 4.78 is 47.5. The van der Waals surface area contributed by atoms with Gasteiger partial charge in [0.05, 0.1) is 34.9 Å². The SMILES string of the molecule is Cn1cc2c(CCN)c(Nc3nc(=O)n(Cc4ncn(CCc5cccc(C(=O)O)c5)n4)c(=O)n3Cc3cc(F)c(F)cc3F)c(Cl)cc2n1. The Morgan fingerprint density at radius 1 is 1.00 bits per heavy atom. The summed E-state index contributed by atoms with van der Waals surface area (Å²) >= 11 is 6.64. The molecule has 3 heterocycles. The van der Waals surface area contributed by atoms with Gasteiger partial charge in [-0.15, -0.1) is 0 Å². The molecule has 4 N–H and O–H groups in total. The van der Waals surface area contributed by atoms with Crippen LogP contribution in [0, 0.1) is 17.5 Å². The van der Waals surface area contributed by atoms with Crippen molar-refractivity contribution < 1.29 is 23.1 Å². The van der Waals surface area contributed by atoms with Crippen LogP contribution < -0.4 is 22.4 Å². The standard InChI is InChI=1S/C32H28ClF3N10O4/c1-43-14-21-20(5-7-37)28(22(33)11-26(21)41-43)39-30-40-31(49)46(32(50)45(30)13-19-10-24(35)25(36)12-23(19)34)15-27-38-16-44(42-27)8-6-17-3-2-4-18(9-17)29(47)48/h2-4,9-12,14,16H,5-8,13,15,37H2,1H3,(H,47,48)(H,39,40,49). The number of anilines is 2. The van der Waals surface area contributed by atoms with Gasteiger partial charge in [0.2, 0.25) is 5.95 Å². The largest absolute Gasteiger partial charge is 0.478 e. The summed E-state index contributed by atoms with van der Waals surface area (Å²) in [5, 5.41) is 21.7. The molecule has 18 heteroatoms. The lowest BCUT2D eigenvalue weighted by atomic mass is 10.0. The Hall–Kier alpha value is -5.81. The number of carboxylic acids is 1. The number of nitrogens with zero attached hydrogens (tertiary/aromatic N) is 8. The van der Waals surface area contributed by atoms with Crippen molar-refractivity contribution in [1.29, 1.82) is 0 Å².